The summed E-state index contributed by atoms with van der Waals surface area (Å²) in [7, 11) is -4.83. The normalized spacial score (nSPS) is 15.1. The highest BCUT2D eigenvalue weighted by molar-refractivity contribution is 7.46. The lowest BCUT2D eigenvalue weighted by Gasteiger charge is -2.25. The van der Waals surface area contributed by atoms with Crippen LogP contribution in [-0.2, 0) is 35.0 Å². The molecule has 218 valence electrons. The van der Waals surface area contributed by atoms with Crippen LogP contribution in [0.15, 0.2) is 24.3 Å². The Morgan fingerprint density at radius 2 is 1.26 bits per heavy atom. The van der Waals surface area contributed by atoms with E-state index in [0.29, 0.717) is 5.56 Å². The van der Waals surface area contributed by atoms with Crippen LogP contribution in [-0.4, -0.2) is 98.1 Å². The summed E-state index contributed by atoms with van der Waals surface area (Å²) in [4.78, 5) is 78.8. The molecule has 1 aromatic carbocycles. The number of aliphatic hydroxyl groups excluding tert-OH is 2. The van der Waals surface area contributed by atoms with Gasteiger partial charge in [0.15, 0.2) is 0 Å². The molecule has 5 atom stereocenters. The third-order valence-corrected chi connectivity index (χ3v) is 5.44. The SMILES string of the molecule is C[C@H](N)C(=O)N[C@@H](CO)C(=O)N[C@@H](Cc1ccc(OP(=O)(O)O)cc1)C(=O)N[C@@H](CO)C(=O)N[C@@H](C)C(=O)O. The standard InChI is InChI=1S/C21H32N5O12P/c1-10(22)17(29)25-16(9-28)20(32)24-14(7-12-3-5-13(6-4-12)38-39(35,36)37)18(30)26-15(8-27)19(31)23-11(2)21(33)34/h3-6,10-11,14-16,27-28H,7-9,22H2,1-2H3,(H,23,31)(H,24,32)(H,25,29)(H,26,30)(H,33,34)(H2,35,36,37)/t10-,11-,14-,15-,16-/m0/s1. The number of aliphatic hydroxyl groups is 2. The van der Waals surface area contributed by atoms with Gasteiger partial charge in [-0.15, -0.1) is 0 Å². The van der Waals surface area contributed by atoms with Crippen molar-refractivity contribution in [2.75, 3.05) is 13.2 Å². The van der Waals surface area contributed by atoms with Gasteiger partial charge in [-0.05, 0) is 31.5 Å². The number of carbonyl (C=O) groups excluding carboxylic acids is 4. The van der Waals surface area contributed by atoms with E-state index in [1.54, 1.807) is 0 Å². The molecule has 39 heavy (non-hydrogen) atoms. The molecule has 1 aromatic rings. The molecule has 0 radical (unpaired) electrons. The third-order valence-electron chi connectivity index (χ3n) is 4.99. The van der Waals surface area contributed by atoms with Crippen LogP contribution in [0.1, 0.15) is 19.4 Å². The predicted octanol–water partition coefficient (Wildman–Crippen LogP) is -3.92. The van der Waals surface area contributed by atoms with Gasteiger partial charge in [0.05, 0.1) is 19.3 Å². The van der Waals surface area contributed by atoms with Gasteiger partial charge >= 0.3 is 13.8 Å². The van der Waals surface area contributed by atoms with Crippen LogP contribution < -0.4 is 31.5 Å². The topological polar surface area (TPSA) is 287 Å². The fourth-order valence-electron chi connectivity index (χ4n) is 2.88. The molecule has 1 rings (SSSR count). The molecule has 0 unspecified atom stereocenters. The largest absolute Gasteiger partial charge is 0.524 e. The van der Waals surface area contributed by atoms with E-state index in [-0.39, 0.29) is 12.2 Å². The van der Waals surface area contributed by atoms with Crippen LogP contribution in [0.25, 0.3) is 0 Å². The quantitative estimate of drug-likeness (QED) is 0.0893. The first-order valence-electron chi connectivity index (χ1n) is 11.3. The van der Waals surface area contributed by atoms with Gasteiger partial charge in [0.25, 0.3) is 0 Å². The summed E-state index contributed by atoms with van der Waals surface area (Å²) in [6, 6.07) is -1.94. The molecule has 0 spiro atoms. The van der Waals surface area contributed by atoms with Gasteiger partial charge in [-0.3, -0.25) is 33.8 Å². The smallest absolute Gasteiger partial charge is 0.480 e. The van der Waals surface area contributed by atoms with Gasteiger partial charge in [0.2, 0.25) is 23.6 Å². The van der Waals surface area contributed by atoms with Crippen molar-refractivity contribution in [3.05, 3.63) is 29.8 Å². The van der Waals surface area contributed by atoms with E-state index in [9.17, 15) is 38.8 Å². The number of aliphatic carboxylic acids is 1. The first kappa shape index (κ1) is 33.4. The van der Waals surface area contributed by atoms with E-state index >= 15 is 0 Å². The number of hydrogen-bond acceptors (Lipinski definition) is 10. The number of carboxylic acids is 1. The number of carboxylic acid groups (broad SMARTS) is 1. The Balaban J connectivity index is 3.17. The molecule has 0 heterocycles. The molecule has 18 heteroatoms. The zero-order chi connectivity index (χ0) is 29.9. The molecular formula is C21H32N5O12P. The maximum atomic E-state index is 13.0. The molecule has 0 aliphatic carbocycles. The zero-order valence-corrected chi connectivity index (χ0v) is 21.8. The van der Waals surface area contributed by atoms with Gasteiger partial charge in [-0.25, -0.2) is 4.57 Å². The summed E-state index contributed by atoms with van der Waals surface area (Å²) in [5.41, 5.74) is 5.78. The van der Waals surface area contributed by atoms with Crippen LogP contribution in [0.2, 0.25) is 0 Å². The number of rotatable bonds is 15. The number of nitrogens with one attached hydrogen (secondary N) is 4. The lowest BCUT2D eigenvalue weighted by atomic mass is 10.0. The molecule has 0 aliphatic rings. The second kappa shape index (κ2) is 15.1. The third kappa shape index (κ3) is 11.8. The van der Waals surface area contributed by atoms with Crippen molar-refractivity contribution in [3.8, 4) is 5.75 Å². The van der Waals surface area contributed by atoms with Crippen LogP contribution in [0.3, 0.4) is 0 Å². The molecule has 0 bridgehead atoms. The molecule has 0 saturated heterocycles. The number of phosphoric acid groups is 1. The van der Waals surface area contributed by atoms with Gasteiger partial charge in [0, 0.05) is 6.42 Å². The van der Waals surface area contributed by atoms with Gasteiger partial charge < -0.3 is 46.8 Å². The zero-order valence-electron chi connectivity index (χ0n) is 20.9. The molecule has 0 fully saturated rings. The summed E-state index contributed by atoms with van der Waals surface area (Å²) < 4.78 is 15.4. The molecular weight excluding hydrogens is 545 g/mol. The fraction of sp³-hybridized carbons (Fsp3) is 0.476. The van der Waals surface area contributed by atoms with E-state index < -0.39 is 80.8 Å². The summed E-state index contributed by atoms with van der Waals surface area (Å²) in [6.07, 6.45) is -0.279. The van der Waals surface area contributed by atoms with Crippen molar-refractivity contribution in [1.82, 2.24) is 21.3 Å². The Hall–Kier alpha value is -3.60. The van der Waals surface area contributed by atoms with Crippen molar-refractivity contribution in [3.63, 3.8) is 0 Å². The van der Waals surface area contributed by atoms with Crippen molar-refractivity contribution in [1.29, 1.82) is 0 Å². The highest BCUT2D eigenvalue weighted by Crippen LogP contribution is 2.37. The Bertz CT molecular complexity index is 1080. The fourth-order valence-corrected chi connectivity index (χ4v) is 3.28. The summed E-state index contributed by atoms with van der Waals surface area (Å²) in [5, 5.41) is 36.8. The maximum Gasteiger partial charge on any atom is 0.524 e. The predicted molar refractivity (Wildman–Crippen MR) is 132 cm³/mol. The Labute approximate surface area is 222 Å². The van der Waals surface area contributed by atoms with Gasteiger partial charge in [-0.2, -0.15) is 0 Å². The summed E-state index contributed by atoms with van der Waals surface area (Å²) >= 11 is 0. The Morgan fingerprint density at radius 3 is 1.69 bits per heavy atom. The second-order valence-corrected chi connectivity index (χ2v) is 9.50. The second-order valence-electron chi connectivity index (χ2n) is 8.34. The molecule has 11 N–H and O–H groups in total. The van der Waals surface area contributed by atoms with Crippen LogP contribution in [0, 0.1) is 0 Å². The molecule has 4 amide bonds. The molecule has 0 aromatic heterocycles. The van der Waals surface area contributed by atoms with E-state index in [4.69, 9.17) is 20.6 Å². The lowest BCUT2D eigenvalue weighted by Crippen LogP contribution is -2.60. The number of benzene rings is 1. The minimum Gasteiger partial charge on any atom is -0.480 e. The van der Waals surface area contributed by atoms with Crippen LogP contribution in [0.5, 0.6) is 5.75 Å². The Kier molecular flexibility index (Phi) is 12.9. The average Bonchev–Trinajstić information content (AvgIpc) is 2.84. The first-order valence-corrected chi connectivity index (χ1v) is 12.9. The van der Waals surface area contributed by atoms with Crippen molar-refractivity contribution < 1.29 is 58.2 Å². The number of amides is 4. The lowest BCUT2D eigenvalue weighted by molar-refractivity contribution is -0.142. The summed E-state index contributed by atoms with van der Waals surface area (Å²) in [6.45, 7) is 0.707. The number of nitrogens with two attached hydrogens (primary N) is 1. The molecule has 0 aliphatic heterocycles. The monoisotopic (exact) mass is 577 g/mol. The number of phosphoric ester groups is 1. The molecule has 0 saturated carbocycles. The van der Waals surface area contributed by atoms with Crippen LogP contribution in [0.4, 0.5) is 0 Å². The van der Waals surface area contributed by atoms with Crippen LogP contribution >= 0.6 is 7.82 Å². The van der Waals surface area contributed by atoms with Gasteiger partial charge in [0.1, 0.15) is 29.9 Å². The van der Waals surface area contributed by atoms with E-state index in [0.717, 1.165) is 6.92 Å². The minimum absolute atomic E-state index is 0.194. The van der Waals surface area contributed by atoms with Crippen molar-refractivity contribution >= 4 is 37.4 Å². The van der Waals surface area contributed by atoms with E-state index in [1.807, 2.05) is 0 Å². The van der Waals surface area contributed by atoms with Crippen molar-refractivity contribution in [2.45, 2.75) is 50.5 Å². The highest BCUT2D eigenvalue weighted by atomic mass is 31.2. The average molecular weight is 577 g/mol. The maximum absolute atomic E-state index is 13.0. The van der Waals surface area contributed by atoms with E-state index in [1.165, 1.54) is 31.2 Å². The minimum atomic E-state index is -4.83. The number of carbonyl (C=O) groups is 5. The van der Waals surface area contributed by atoms with Crippen molar-refractivity contribution in [2.24, 2.45) is 5.73 Å². The van der Waals surface area contributed by atoms with E-state index in [2.05, 4.69) is 25.8 Å². The Morgan fingerprint density at radius 1 is 0.821 bits per heavy atom. The summed E-state index contributed by atoms with van der Waals surface area (Å²) in [5.74, 6) is -5.37. The number of hydrogen-bond donors (Lipinski definition) is 10. The van der Waals surface area contributed by atoms with Gasteiger partial charge in [-0.1, -0.05) is 12.1 Å². The first-order chi connectivity index (χ1) is 18.1. The molecule has 17 nitrogen and oxygen atoms in total. The highest BCUT2D eigenvalue weighted by Gasteiger charge is 2.30.